The lowest BCUT2D eigenvalue weighted by molar-refractivity contribution is -0.138. The third-order valence-electron chi connectivity index (χ3n) is 7.80. The second-order valence-electron chi connectivity index (χ2n) is 10.9. The summed E-state index contributed by atoms with van der Waals surface area (Å²) in [6, 6.07) is 4.00. The Morgan fingerprint density at radius 3 is 2.48 bits per heavy atom. The molecule has 0 bridgehead atoms. The van der Waals surface area contributed by atoms with Gasteiger partial charge in [-0.1, -0.05) is 0 Å². The van der Waals surface area contributed by atoms with Crippen LogP contribution in [0.3, 0.4) is 0 Å². The van der Waals surface area contributed by atoms with Gasteiger partial charge in [-0.3, -0.25) is 14.5 Å². The maximum atomic E-state index is 16.4. The molecule has 1 aromatic carbocycles. The molecule has 1 amide bonds. The fourth-order valence-electron chi connectivity index (χ4n) is 5.05. The van der Waals surface area contributed by atoms with Crippen LogP contribution in [0, 0.1) is 17.6 Å². The van der Waals surface area contributed by atoms with E-state index >= 15 is 8.78 Å². The molecule has 42 heavy (non-hydrogen) atoms. The van der Waals surface area contributed by atoms with Crippen LogP contribution in [-0.4, -0.2) is 59.6 Å². The Kier molecular flexibility index (Phi) is 7.97. The van der Waals surface area contributed by atoms with Gasteiger partial charge < -0.3 is 19.9 Å². The fourth-order valence-corrected chi connectivity index (χ4v) is 5.05. The average molecular weight is 592 g/mol. The number of nitrogens with zero attached hydrogens (tertiary/aromatic N) is 3. The van der Waals surface area contributed by atoms with Crippen LogP contribution in [-0.2, 0) is 6.18 Å². The molecule has 5 rings (SSSR count). The highest BCUT2D eigenvalue weighted by atomic mass is 19.4. The Morgan fingerprint density at radius 2 is 1.83 bits per heavy atom. The van der Waals surface area contributed by atoms with E-state index < -0.39 is 51.7 Å². The zero-order valence-corrected chi connectivity index (χ0v) is 23.2. The Balaban J connectivity index is 1.60. The van der Waals surface area contributed by atoms with Crippen LogP contribution >= 0.6 is 0 Å². The second-order valence-corrected chi connectivity index (χ2v) is 10.9. The van der Waals surface area contributed by atoms with Crippen molar-refractivity contribution in [3.8, 4) is 17.0 Å². The van der Waals surface area contributed by atoms with Crippen molar-refractivity contribution in [2.45, 2.75) is 44.9 Å². The predicted molar refractivity (Wildman–Crippen MR) is 147 cm³/mol. The molecule has 1 aliphatic carbocycles. The van der Waals surface area contributed by atoms with Gasteiger partial charge >= 0.3 is 6.18 Å². The molecular weight excluding hydrogens is 561 g/mol. The van der Waals surface area contributed by atoms with Crippen molar-refractivity contribution in [2.24, 2.45) is 5.92 Å². The lowest BCUT2D eigenvalue weighted by Gasteiger charge is -2.44. The molecule has 2 N–H and O–H groups in total. The van der Waals surface area contributed by atoms with Gasteiger partial charge in [-0.05, 0) is 51.3 Å². The highest BCUT2D eigenvalue weighted by Crippen LogP contribution is 2.40. The molecule has 1 saturated carbocycles. The maximum Gasteiger partial charge on any atom is 0.417 e. The van der Waals surface area contributed by atoms with E-state index in [1.165, 1.54) is 18.3 Å². The first-order valence-corrected chi connectivity index (χ1v) is 13.5. The number of benzene rings is 1. The van der Waals surface area contributed by atoms with Gasteiger partial charge in [0.05, 0.1) is 29.0 Å². The largest absolute Gasteiger partial charge is 0.477 e. The lowest BCUT2D eigenvalue weighted by Crippen LogP contribution is -2.55. The number of H-pyrrole nitrogens is 1. The molecule has 1 saturated heterocycles. The van der Waals surface area contributed by atoms with Crippen molar-refractivity contribution < 1.29 is 31.5 Å². The number of hydrogen-bond acceptors (Lipinski definition) is 6. The molecule has 0 spiro atoms. The third-order valence-corrected chi connectivity index (χ3v) is 7.80. The summed E-state index contributed by atoms with van der Waals surface area (Å²) < 4.78 is 78.9. The number of halogens is 5. The minimum atomic E-state index is -5.04. The van der Waals surface area contributed by atoms with Gasteiger partial charge in [0.15, 0.2) is 5.82 Å². The number of likely N-dealkylation sites (N-methyl/N-ethyl adjacent to an activating group) is 1. The van der Waals surface area contributed by atoms with E-state index in [2.05, 4.69) is 20.2 Å². The number of anilines is 2. The topological polar surface area (TPSA) is 90.6 Å². The quantitative estimate of drug-likeness (QED) is 0.363. The standard InChI is InChI=1S/C29H30F5N5O3/c1-15-12-39(13-16(2)38(15)3)22-10-21(30)25(18-6-7-35-24(8-18)42-14-17-4-5-17)26(31)27(22)37-28(41)19-11-36-23(40)9-20(19)29(32,33)34/h6-11,15-17H,4-5,12-14H2,1-3H3,(H,36,40)(H,37,41)/t15-,16+. The molecule has 3 aromatic rings. The van der Waals surface area contributed by atoms with Gasteiger partial charge in [0, 0.05) is 55.8 Å². The van der Waals surface area contributed by atoms with Crippen LogP contribution < -0.4 is 20.5 Å². The predicted octanol–water partition coefficient (Wildman–Crippen LogP) is 5.30. The number of amides is 1. The van der Waals surface area contributed by atoms with Crippen LogP contribution in [0.25, 0.3) is 11.1 Å². The van der Waals surface area contributed by atoms with Crippen molar-refractivity contribution >= 4 is 17.3 Å². The molecule has 8 nitrogen and oxygen atoms in total. The molecule has 0 radical (unpaired) electrons. The monoisotopic (exact) mass is 591 g/mol. The number of carbonyl (C=O) groups is 1. The number of carbonyl (C=O) groups excluding carboxylic acids is 1. The zero-order valence-electron chi connectivity index (χ0n) is 23.2. The van der Waals surface area contributed by atoms with Crippen molar-refractivity contribution in [2.75, 3.05) is 37.0 Å². The molecule has 0 unspecified atom stereocenters. The Morgan fingerprint density at radius 1 is 1.14 bits per heavy atom. The van der Waals surface area contributed by atoms with E-state index in [4.69, 9.17) is 4.74 Å². The summed E-state index contributed by atoms with van der Waals surface area (Å²) in [5.74, 6) is -2.85. The third kappa shape index (κ3) is 6.10. The Bertz CT molecular complexity index is 1540. The van der Waals surface area contributed by atoms with Gasteiger partial charge in [-0.2, -0.15) is 13.2 Å². The van der Waals surface area contributed by atoms with E-state index in [0.29, 0.717) is 31.8 Å². The van der Waals surface area contributed by atoms with E-state index in [1.54, 1.807) is 4.90 Å². The molecule has 2 fully saturated rings. The number of aromatic nitrogens is 2. The number of ether oxygens (including phenoxy) is 1. The molecule has 224 valence electrons. The minimum absolute atomic E-state index is 0.0221. The van der Waals surface area contributed by atoms with E-state index in [9.17, 15) is 22.8 Å². The molecular formula is C29H30F5N5O3. The van der Waals surface area contributed by atoms with Crippen molar-refractivity contribution in [3.63, 3.8) is 0 Å². The minimum Gasteiger partial charge on any atom is -0.477 e. The van der Waals surface area contributed by atoms with E-state index in [1.807, 2.05) is 20.9 Å². The number of pyridine rings is 2. The van der Waals surface area contributed by atoms with Gasteiger partial charge in [0.25, 0.3) is 5.91 Å². The Hall–Kier alpha value is -4.00. The van der Waals surface area contributed by atoms with E-state index in [0.717, 1.165) is 18.9 Å². The van der Waals surface area contributed by atoms with Crippen LogP contribution in [0.1, 0.15) is 42.6 Å². The van der Waals surface area contributed by atoms with Crippen LogP contribution in [0.2, 0.25) is 0 Å². The number of alkyl halides is 3. The average Bonchev–Trinajstić information content (AvgIpc) is 3.76. The number of piperazine rings is 1. The SMILES string of the molecule is C[C@@H]1CN(c2cc(F)c(-c3ccnc(OCC4CC4)c3)c(F)c2NC(=O)c2c[nH]c(=O)cc2C(F)(F)F)C[C@H](C)N1C. The molecule has 13 heteroatoms. The highest BCUT2D eigenvalue weighted by molar-refractivity contribution is 6.07. The second kappa shape index (κ2) is 11.3. The fraction of sp³-hybridized carbons (Fsp3) is 0.414. The van der Waals surface area contributed by atoms with Crippen molar-refractivity contribution in [1.82, 2.24) is 14.9 Å². The summed E-state index contributed by atoms with van der Waals surface area (Å²) in [5, 5.41) is 2.26. The first kappa shape index (κ1) is 29.5. The van der Waals surface area contributed by atoms with Crippen LogP contribution in [0.4, 0.5) is 33.3 Å². The summed E-state index contributed by atoms with van der Waals surface area (Å²) in [5.41, 5.74) is -4.40. The molecule has 1 aliphatic heterocycles. The molecule has 2 atom stereocenters. The summed E-state index contributed by atoms with van der Waals surface area (Å²) in [4.78, 5) is 34.8. The van der Waals surface area contributed by atoms with Gasteiger partial charge in [-0.25, -0.2) is 13.8 Å². The number of hydrogen-bond donors (Lipinski definition) is 2. The first-order chi connectivity index (χ1) is 19.8. The van der Waals surface area contributed by atoms with Crippen molar-refractivity contribution in [3.05, 3.63) is 69.8 Å². The number of rotatable bonds is 7. The molecule has 2 aliphatic rings. The summed E-state index contributed by atoms with van der Waals surface area (Å²) in [6.07, 6.45) is -1.02. The first-order valence-electron chi connectivity index (χ1n) is 13.5. The van der Waals surface area contributed by atoms with Gasteiger partial charge in [-0.15, -0.1) is 0 Å². The van der Waals surface area contributed by atoms with E-state index in [-0.39, 0.29) is 35.3 Å². The number of nitrogens with one attached hydrogen (secondary N) is 2. The van der Waals surface area contributed by atoms with Crippen LogP contribution in [0.15, 0.2) is 41.5 Å². The van der Waals surface area contributed by atoms with Gasteiger partial charge in [0.1, 0.15) is 11.5 Å². The summed E-state index contributed by atoms with van der Waals surface area (Å²) in [7, 11) is 1.92. The van der Waals surface area contributed by atoms with Gasteiger partial charge in [0.2, 0.25) is 11.4 Å². The Labute approximate surface area is 238 Å². The zero-order chi connectivity index (χ0) is 30.3. The normalized spacial score (nSPS) is 19.6. The number of aromatic amines is 1. The highest BCUT2D eigenvalue weighted by Gasteiger charge is 2.37. The maximum absolute atomic E-state index is 16.4. The smallest absolute Gasteiger partial charge is 0.417 e. The van der Waals surface area contributed by atoms with Crippen molar-refractivity contribution in [1.29, 1.82) is 0 Å². The molecule has 2 aromatic heterocycles. The lowest BCUT2D eigenvalue weighted by atomic mass is 10.0. The van der Waals surface area contributed by atoms with Crippen LogP contribution in [0.5, 0.6) is 5.88 Å². The summed E-state index contributed by atoms with van der Waals surface area (Å²) in [6.45, 7) is 4.95. The summed E-state index contributed by atoms with van der Waals surface area (Å²) >= 11 is 0. The molecule has 3 heterocycles.